The number of carbonyl (C=O) groups is 1. The minimum Gasteiger partial charge on any atom is -0.346 e. The average molecular weight is 345 g/mol. The fourth-order valence-corrected chi connectivity index (χ4v) is 2.85. The number of halogens is 3. The van der Waals surface area contributed by atoms with Gasteiger partial charge in [-0.2, -0.15) is 13.2 Å². The number of pyridine rings is 1. The number of aromatic nitrogens is 1. The third kappa shape index (κ3) is 7.29. The first-order chi connectivity index (χ1) is 11.2. The second-order valence-electron chi connectivity index (χ2n) is 6.13. The molecule has 0 saturated carbocycles. The molecule has 3 unspecified atom stereocenters. The van der Waals surface area contributed by atoms with Crippen LogP contribution in [-0.4, -0.2) is 36.2 Å². The van der Waals surface area contributed by atoms with Crippen molar-refractivity contribution in [1.29, 1.82) is 0 Å². The summed E-state index contributed by atoms with van der Waals surface area (Å²) in [5.41, 5.74) is 1.08. The van der Waals surface area contributed by atoms with E-state index < -0.39 is 18.6 Å². The van der Waals surface area contributed by atoms with Gasteiger partial charge in [0.25, 0.3) is 0 Å². The van der Waals surface area contributed by atoms with E-state index in [1.165, 1.54) is 0 Å². The summed E-state index contributed by atoms with van der Waals surface area (Å²) in [6.45, 7) is 4.78. The third-order valence-electron chi connectivity index (χ3n) is 4.11. The predicted octanol–water partition coefficient (Wildman–Crippen LogP) is 3.26. The second-order valence-corrected chi connectivity index (χ2v) is 6.13. The molecule has 1 aromatic heterocycles. The molecule has 1 heterocycles. The zero-order valence-corrected chi connectivity index (χ0v) is 14.4. The second kappa shape index (κ2) is 9.61. The molecule has 7 heteroatoms. The lowest BCUT2D eigenvalue weighted by Gasteiger charge is -2.31. The SMILES string of the molecule is CCCC(C)C(NCC(=O)NCC(F)(F)F)C(C)c1ccncc1. The van der Waals surface area contributed by atoms with E-state index in [4.69, 9.17) is 0 Å². The Balaban J connectivity index is 2.68. The summed E-state index contributed by atoms with van der Waals surface area (Å²) in [6.07, 6.45) is 1.00. The van der Waals surface area contributed by atoms with Gasteiger partial charge >= 0.3 is 6.18 Å². The molecular weight excluding hydrogens is 319 g/mol. The lowest BCUT2D eigenvalue weighted by atomic mass is 9.84. The van der Waals surface area contributed by atoms with Crippen molar-refractivity contribution >= 4 is 5.91 Å². The average Bonchev–Trinajstić information content (AvgIpc) is 2.53. The van der Waals surface area contributed by atoms with Gasteiger partial charge < -0.3 is 10.6 Å². The molecule has 2 N–H and O–H groups in total. The Hall–Kier alpha value is -1.63. The summed E-state index contributed by atoms with van der Waals surface area (Å²) in [5, 5.41) is 5.03. The fourth-order valence-electron chi connectivity index (χ4n) is 2.85. The summed E-state index contributed by atoms with van der Waals surface area (Å²) in [7, 11) is 0. The molecule has 4 nitrogen and oxygen atoms in total. The molecule has 0 aliphatic carbocycles. The minimum atomic E-state index is -4.39. The van der Waals surface area contributed by atoms with Crippen LogP contribution in [0.1, 0.15) is 45.1 Å². The Kier molecular flexibility index (Phi) is 8.18. The molecule has 0 spiro atoms. The number of nitrogens with one attached hydrogen (secondary N) is 2. The molecule has 1 amide bonds. The lowest BCUT2D eigenvalue weighted by molar-refractivity contribution is -0.138. The number of hydrogen-bond donors (Lipinski definition) is 2. The molecule has 3 atom stereocenters. The van der Waals surface area contributed by atoms with Gasteiger partial charge in [-0.1, -0.05) is 27.2 Å². The summed E-state index contributed by atoms with van der Waals surface area (Å²) < 4.78 is 36.5. The van der Waals surface area contributed by atoms with Gasteiger partial charge in [-0.05, 0) is 36.0 Å². The molecule has 0 bridgehead atoms. The molecule has 1 aromatic rings. The minimum absolute atomic E-state index is 0.0102. The summed E-state index contributed by atoms with van der Waals surface area (Å²) in [4.78, 5) is 15.6. The Morgan fingerprint density at radius 3 is 2.42 bits per heavy atom. The standard InChI is InChI=1S/C17H26F3N3O/c1-4-5-12(2)16(13(3)14-6-8-21-9-7-14)22-10-15(24)23-11-17(18,19)20/h6-9,12-13,16,22H,4-5,10-11H2,1-3H3,(H,23,24). The monoisotopic (exact) mass is 345 g/mol. The molecule has 136 valence electrons. The van der Waals surface area contributed by atoms with Gasteiger partial charge in [0.05, 0.1) is 6.54 Å². The Labute approximate surface area is 141 Å². The summed E-state index contributed by atoms with van der Waals surface area (Å²) >= 11 is 0. The van der Waals surface area contributed by atoms with Crippen LogP contribution in [0, 0.1) is 5.92 Å². The van der Waals surface area contributed by atoms with Crippen molar-refractivity contribution in [3.8, 4) is 0 Å². The van der Waals surface area contributed by atoms with E-state index in [0.29, 0.717) is 0 Å². The van der Waals surface area contributed by atoms with Gasteiger partial charge in [0, 0.05) is 18.4 Å². The van der Waals surface area contributed by atoms with Crippen LogP contribution in [0.5, 0.6) is 0 Å². The van der Waals surface area contributed by atoms with E-state index in [-0.39, 0.29) is 24.4 Å². The highest BCUT2D eigenvalue weighted by Crippen LogP contribution is 2.26. The normalized spacial score (nSPS) is 15.6. The van der Waals surface area contributed by atoms with E-state index >= 15 is 0 Å². The molecule has 0 fully saturated rings. The zero-order valence-electron chi connectivity index (χ0n) is 14.4. The van der Waals surface area contributed by atoms with Crippen LogP contribution >= 0.6 is 0 Å². The molecule has 0 radical (unpaired) electrons. The highest BCUT2D eigenvalue weighted by Gasteiger charge is 2.28. The smallest absolute Gasteiger partial charge is 0.346 e. The van der Waals surface area contributed by atoms with Crippen molar-refractivity contribution in [2.75, 3.05) is 13.1 Å². The maximum Gasteiger partial charge on any atom is 0.405 e. The van der Waals surface area contributed by atoms with E-state index in [1.807, 2.05) is 24.4 Å². The van der Waals surface area contributed by atoms with Gasteiger partial charge in [0.1, 0.15) is 6.54 Å². The Morgan fingerprint density at radius 1 is 1.25 bits per heavy atom. The van der Waals surface area contributed by atoms with E-state index in [2.05, 4.69) is 24.1 Å². The number of hydrogen-bond acceptors (Lipinski definition) is 3. The highest BCUT2D eigenvalue weighted by atomic mass is 19.4. The molecule has 0 aliphatic rings. The maximum absolute atomic E-state index is 12.2. The molecule has 0 aliphatic heterocycles. The van der Waals surface area contributed by atoms with Crippen LogP contribution in [0.15, 0.2) is 24.5 Å². The molecule has 1 rings (SSSR count). The summed E-state index contributed by atoms with van der Waals surface area (Å²) in [5.74, 6) is -0.249. The maximum atomic E-state index is 12.2. The van der Waals surface area contributed by atoms with Gasteiger partial charge in [0.2, 0.25) is 5.91 Å². The van der Waals surface area contributed by atoms with E-state index in [9.17, 15) is 18.0 Å². The Bertz CT molecular complexity index is 494. The van der Waals surface area contributed by atoms with Crippen LogP contribution in [0.2, 0.25) is 0 Å². The number of alkyl halides is 3. The van der Waals surface area contributed by atoms with Crippen molar-refractivity contribution < 1.29 is 18.0 Å². The van der Waals surface area contributed by atoms with Crippen LogP contribution in [-0.2, 0) is 4.79 Å². The molecule has 24 heavy (non-hydrogen) atoms. The van der Waals surface area contributed by atoms with Crippen LogP contribution < -0.4 is 10.6 Å². The largest absolute Gasteiger partial charge is 0.405 e. The van der Waals surface area contributed by atoms with Crippen molar-refractivity contribution in [3.63, 3.8) is 0 Å². The Morgan fingerprint density at radius 2 is 1.88 bits per heavy atom. The van der Waals surface area contributed by atoms with Crippen LogP contribution in [0.3, 0.4) is 0 Å². The molecule has 0 aromatic carbocycles. The van der Waals surface area contributed by atoms with Crippen molar-refractivity contribution in [1.82, 2.24) is 15.6 Å². The number of amides is 1. The third-order valence-corrected chi connectivity index (χ3v) is 4.11. The van der Waals surface area contributed by atoms with Gasteiger partial charge in [-0.25, -0.2) is 0 Å². The zero-order chi connectivity index (χ0) is 18.2. The lowest BCUT2D eigenvalue weighted by Crippen LogP contribution is -2.46. The van der Waals surface area contributed by atoms with Crippen molar-refractivity contribution in [2.24, 2.45) is 5.92 Å². The molecular formula is C17H26F3N3O. The van der Waals surface area contributed by atoms with Crippen molar-refractivity contribution in [2.45, 2.75) is 51.7 Å². The highest BCUT2D eigenvalue weighted by molar-refractivity contribution is 5.78. The summed E-state index contributed by atoms with van der Waals surface area (Å²) in [6, 6.07) is 3.83. The van der Waals surface area contributed by atoms with Crippen molar-refractivity contribution in [3.05, 3.63) is 30.1 Å². The first-order valence-electron chi connectivity index (χ1n) is 8.21. The number of rotatable bonds is 9. The van der Waals surface area contributed by atoms with E-state index in [1.54, 1.807) is 12.4 Å². The number of carbonyl (C=O) groups excluding carboxylic acids is 1. The molecule has 0 saturated heterocycles. The predicted molar refractivity (Wildman–Crippen MR) is 87.6 cm³/mol. The van der Waals surface area contributed by atoms with E-state index in [0.717, 1.165) is 18.4 Å². The number of nitrogens with zero attached hydrogens (tertiary/aromatic N) is 1. The van der Waals surface area contributed by atoms with Gasteiger partial charge in [-0.15, -0.1) is 0 Å². The topological polar surface area (TPSA) is 54.0 Å². The fraction of sp³-hybridized carbons (Fsp3) is 0.647. The quantitative estimate of drug-likeness (QED) is 0.722. The van der Waals surface area contributed by atoms with Gasteiger partial charge in [-0.3, -0.25) is 9.78 Å². The van der Waals surface area contributed by atoms with Crippen LogP contribution in [0.4, 0.5) is 13.2 Å². The van der Waals surface area contributed by atoms with Crippen LogP contribution in [0.25, 0.3) is 0 Å². The first kappa shape index (κ1) is 20.4. The van der Waals surface area contributed by atoms with Gasteiger partial charge in [0.15, 0.2) is 0 Å². The first-order valence-corrected chi connectivity index (χ1v) is 8.21.